The third-order valence-electron chi connectivity index (χ3n) is 2.57. The van der Waals surface area contributed by atoms with E-state index >= 15 is 0 Å². The lowest BCUT2D eigenvalue weighted by molar-refractivity contribution is 0.0782. The van der Waals surface area contributed by atoms with Gasteiger partial charge in [-0.1, -0.05) is 19.9 Å². The first kappa shape index (κ1) is 12.9. The number of pyridine rings is 1. The molecule has 0 bridgehead atoms. The van der Waals surface area contributed by atoms with Gasteiger partial charge >= 0.3 is 0 Å². The zero-order chi connectivity index (χ0) is 12.0. The summed E-state index contributed by atoms with van der Waals surface area (Å²) in [5, 5.41) is 0. The van der Waals surface area contributed by atoms with E-state index in [9.17, 15) is 0 Å². The molecule has 1 saturated heterocycles. The molecule has 0 radical (unpaired) electrons. The predicted molar refractivity (Wildman–Crippen MR) is 66.5 cm³/mol. The Balaban J connectivity index is 0.000000606. The van der Waals surface area contributed by atoms with Crippen LogP contribution in [-0.4, -0.2) is 31.3 Å². The third kappa shape index (κ3) is 2.71. The molecule has 1 fully saturated rings. The normalized spacial score (nSPS) is 15.1. The van der Waals surface area contributed by atoms with Crippen LogP contribution in [0.2, 0.25) is 0 Å². The number of aromatic nitrogens is 1. The van der Waals surface area contributed by atoms with Crippen LogP contribution in [-0.2, 0) is 11.3 Å². The standard InChI is InChI=1S/C10H15N3O.C2H6/c1-14-9-6-13(7-9)10-8(5-11)3-2-4-12-10;1-2/h2-4,9H,5-7,11H2,1H3;1-2H3. The van der Waals surface area contributed by atoms with Crippen LogP contribution in [0.25, 0.3) is 0 Å². The van der Waals surface area contributed by atoms with Crippen molar-refractivity contribution in [3.05, 3.63) is 23.9 Å². The number of methoxy groups -OCH3 is 1. The van der Waals surface area contributed by atoms with Crippen molar-refractivity contribution in [2.24, 2.45) is 5.73 Å². The van der Waals surface area contributed by atoms with E-state index in [0.29, 0.717) is 12.6 Å². The monoisotopic (exact) mass is 223 g/mol. The number of rotatable bonds is 3. The summed E-state index contributed by atoms with van der Waals surface area (Å²) in [5.74, 6) is 1.00. The Kier molecular flexibility index (Phi) is 5.22. The van der Waals surface area contributed by atoms with Crippen LogP contribution in [0.3, 0.4) is 0 Å². The van der Waals surface area contributed by atoms with Crippen molar-refractivity contribution in [3.63, 3.8) is 0 Å². The molecular weight excluding hydrogens is 202 g/mol. The van der Waals surface area contributed by atoms with Gasteiger partial charge in [-0.3, -0.25) is 0 Å². The van der Waals surface area contributed by atoms with Crippen molar-refractivity contribution in [1.29, 1.82) is 0 Å². The molecule has 1 aromatic rings. The summed E-state index contributed by atoms with van der Waals surface area (Å²) < 4.78 is 5.21. The van der Waals surface area contributed by atoms with Crippen molar-refractivity contribution < 1.29 is 4.74 Å². The van der Waals surface area contributed by atoms with Gasteiger partial charge in [-0.25, -0.2) is 4.98 Å². The van der Waals surface area contributed by atoms with Gasteiger partial charge in [0, 0.05) is 38.5 Å². The van der Waals surface area contributed by atoms with Crippen LogP contribution in [0, 0.1) is 0 Å². The van der Waals surface area contributed by atoms with E-state index in [-0.39, 0.29) is 0 Å². The highest BCUT2D eigenvalue weighted by molar-refractivity contribution is 5.49. The second-order valence-corrected chi connectivity index (χ2v) is 3.45. The van der Waals surface area contributed by atoms with Gasteiger partial charge in [0.05, 0.1) is 6.10 Å². The van der Waals surface area contributed by atoms with Crippen LogP contribution >= 0.6 is 0 Å². The zero-order valence-electron chi connectivity index (χ0n) is 10.3. The maximum Gasteiger partial charge on any atom is 0.133 e. The average molecular weight is 223 g/mol. The lowest BCUT2D eigenvalue weighted by Crippen LogP contribution is -2.52. The Bertz CT molecular complexity index is 311. The summed E-state index contributed by atoms with van der Waals surface area (Å²) in [4.78, 5) is 6.52. The fraction of sp³-hybridized carbons (Fsp3) is 0.583. The summed E-state index contributed by atoms with van der Waals surface area (Å²) in [5.41, 5.74) is 6.74. The Morgan fingerprint density at radius 1 is 1.50 bits per heavy atom. The summed E-state index contributed by atoms with van der Waals surface area (Å²) >= 11 is 0. The predicted octanol–water partition coefficient (Wildman–Crippen LogP) is 1.40. The van der Waals surface area contributed by atoms with E-state index in [1.54, 1.807) is 13.3 Å². The van der Waals surface area contributed by atoms with Gasteiger partial charge < -0.3 is 15.4 Å². The maximum atomic E-state index is 5.64. The minimum Gasteiger partial charge on any atom is -0.378 e. The zero-order valence-corrected chi connectivity index (χ0v) is 10.3. The molecule has 0 saturated carbocycles. The fourth-order valence-electron chi connectivity index (χ4n) is 1.63. The van der Waals surface area contributed by atoms with Crippen molar-refractivity contribution >= 4 is 5.82 Å². The van der Waals surface area contributed by atoms with E-state index in [0.717, 1.165) is 24.5 Å². The maximum absolute atomic E-state index is 5.64. The number of ether oxygens (including phenoxy) is 1. The second kappa shape index (κ2) is 6.45. The molecule has 2 heterocycles. The van der Waals surface area contributed by atoms with Gasteiger partial charge in [0.25, 0.3) is 0 Å². The molecule has 0 aliphatic carbocycles. The fourth-order valence-corrected chi connectivity index (χ4v) is 1.63. The van der Waals surface area contributed by atoms with Crippen LogP contribution in [0.4, 0.5) is 5.82 Å². The van der Waals surface area contributed by atoms with E-state index in [2.05, 4.69) is 9.88 Å². The molecule has 0 spiro atoms. The number of hydrogen-bond donors (Lipinski definition) is 1. The average Bonchev–Trinajstić information content (AvgIpc) is 2.31. The summed E-state index contributed by atoms with van der Waals surface area (Å²) in [6, 6.07) is 3.93. The molecule has 16 heavy (non-hydrogen) atoms. The SMILES string of the molecule is CC.COC1CN(c2ncccc2CN)C1. The summed E-state index contributed by atoms with van der Waals surface area (Å²) in [6.45, 7) is 6.37. The minimum atomic E-state index is 0.350. The van der Waals surface area contributed by atoms with Crippen molar-refractivity contribution in [1.82, 2.24) is 4.98 Å². The minimum absolute atomic E-state index is 0.350. The Labute approximate surface area is 97.4 Å². The smallest absolute Gasteiger partial charge is 0.133 e. The molecule has 4 heteroatoms. The molecular formula is C12H21N3O. The van der Waals surface area contributed by atoms with Gasteiger partial charge in [0.15, 0.2) is 0 Å². The largest absolute Gasteiger partial charge is 0.378 e. The highest BCUT2D eigenvalue weighted by Crippen LogP contribution is 2.23. The molecule has 2 rings (SSSR count). The van der Waals surface area contributed by atoms with Gasteiger partial charge in [-0.15, -0.1) is 0 Å². The molecule has 1 aliphatic rings. The quantitative estimate of drug-likeness (QED) is 0.841. The highest BCUT2D eigenvalue weighted by Gasteiger charge is 2.28. The third-order valence-corrected chi connectivity index (χ3v) is 2.57. The number of nitrogens with zero attached hydrogens (tertiary/aromatic N) is 2. The van der Waals surface area contributed by atoms with Gasteiger partial charge in [-0.2, -0.15) is 0 Å². The van der Waals surface area contributed by atoms with E-state index in [1.807, 2.05) is 26.0 Å². The van der Waals surface area contributed by atoms with Crippen LogP contribution in [0.1, 0.15) is 19.4 Å². The molecule has 2 N–H and O–H groups in total. The number of nitrogens with two attached hydrogens (primary N) is 1. The van der Waals surface area contributed by atoms with Crippen LogP contribution in [0.5, 0.6) is 0 Å². The summed E-state index contributed by atoms with van der Waals surface area (Å²) in [7, 11) is 1.74. The Morgan fingerprint density at radius 2 is 2.19 bits per heavy atom. The topological polar surface area (TPSA) is 51.4 Å². The first-order chi connectivity index (χ1) is 7.85. The first-order valence-corrected chi connectivity index (χ1v) is 5.77. The molecule has 1 aromatic heterocycles. The number of hydrogen-bond acceptors (Lipinski definition) is 4. The second-order valence-electron chi connectivity index (χ2n) is 3.45. The molecule has 0 amide bonds. The van der Waals surface area contributed by atoms with E-state index in [1.165, 1.54) is 0 Å². The lowest BCUT2D eigenvalue weighted by atomic mass is 10.1. The van der Waals surface area contributed by atoms with E-state index in [4.69, 9.17) is 10.5 Å². The van der Waals surface area contributed by atoms with Gasteiger partial charge in [0.2, 0.25) is 0 Å². The molecule has 4 nitrogen and oxygen atoms in total. The molecule has 1 aliphatic heterocycles. The lowest BCUT2D eigenvalue weighted by Gasteiger charge is -2.39. The Morgan fingerprint density at radius 3 is 2.75 bits per heavy atom. The highest BCUT2D eigenvalue weighted by atomic mass is 16.5. The van der Waals surface area contributed by atoms with Crippen molar-refractivity contribution in [2.75, 3.05) is 25.1 Å². The molecule has 90 valence electrons. The van der Waals surface area contributed by atoms with Crippen LogP contribution in [0.15, 0.2) is 18.3 Å². The van der Waals surface area contributed by atoms with E-state index < -0.39 is 0 Å². The summed E-state index contributed by atoms with van der Waals surface area (Å²) in [6.07, 6.45) is 2.15. The van der Waals surface area contributed by atoms with Crippen LogP contribution < -0.4 is 10.6 Å². The number of anilines is 1. The van der Waals surface area contributed by atoms with Crippen molar-refractivity contribution in [3.8, 4) is 0 Å². The molecule has 0 aromatic carbocycles. The van der Waals surface area contributed by atoms with Gasteiger partial charge in [0.1, 0.15) is 5.82 Å². The van der Waals surface area contributed by atoms with Crippen molar-refractivity contribution in [2.45, 2.75) is 26.5 Å². The molecule has 0 unspecified atom stereocenters. The first-order valence-electron chi connectivity index (χ1n) is 5.77. The Hall–Kier alpha value is -1.13. The molecule has 0 atom stereocenters. The van der Waals surface area contributed by atoms with Gasteiger partial charge in [-0.05, 0) is 6.07 Å².